The van der Waals surface area contributed by atoms with Crippen molar-refractivity contribution in [1.29, 1.82) is 0 Å². The van der Waals surface area contributed by atoms with E-state index in [0.29, 0.717) is 17.2 Å². The zero-order valence-electron chi connectivity index (χ0n) is 21.1. The predicted molar refractivity (Wildman–Crippen MR) is 148 cm³/mol. The van der Waals surface area contributed by atoms with E-state index < -0.39 is 6.04 Å². The van der Waals surface area contributed by atoms with Gasteiger partial charge in [0.15, 0.2) is 6.61 Å². The van der Waals surface area contributed by atoms with Crippen molar-refractivity contribution in [3.63, 3.8) is 0 Å². The van der Waals surface area contributed by atoms with Crippen LogP contribution >= 0.6 is 27.5 Å². The highest BCUT2D eigenvalue weighted by Crippen LogP contribution is 2.31. The van der Waals surface area contributed by atoms with Gasteiger partial charge in [0.25, 0.3) is 5.91 Å². The van der Waals surface area contributed by atoms with Gasteiger partial charge >= 0.3 is 0 Å². The average Bonchev–Trinajstić information content (AvgIpc) is 2.84. The second-order valence-electron chi connectivity index (χ2n) is 9.66. The number of hydrogen-bond acceptors (Lipinski definition) is 3. The summed E-state index contributed by atoms with van der Waals surface area (Å²) in [6.07, 6.45) is 0.372. The molecule has 0 aliphatic carbocycles. The molecule has 0 aliphatic rings. The fraction of sp³-hybridized carbons (Fsp3) is 0.310. The van der Waals surface area contributed by atoms with E-state index in [1.54, 1.807) is 24.1 Å². The van der Waals surface area contributed by atoms with Gasteiger partial charge in [0, 0.05) is 25.0 Å². The van der Waals surface area contributed by atoms with Gasteiger partial charge in [-0.1, -0.05) is 80.9 Å². The second kappa shape index (κ2) is 12.4. The number of hydrogen-bond donors (Lipinski definition) is 1. The van der Waals surface area contributed by atoms with Gasteiger partial charge in [-0.3, -0.25) is 9.59 Å². The van der Waals surface area contributed by atoms with Crippen LogP contribution < -0.4 is 10.1 Å². The van der Waals surface area contributed by atoms with Crippen LogP contribution in [-0.2, 0) is 28.0 Å². The Morgan fingerprint density at radius 1 is 1.00 bits per heavy atom. The van der Waals surface area contributed by atoms with E-state index in [2.05, 4.69) is 42.0 Å². The molecule has 0 spiro atoms. The number of carbonyl (C=O) groups excluding carboxylic acids is 2. The van der Waals surface area contributed by atoms with E-state index in [1.165, 1.54) is 0 Å². The zero-order valence-corrected chi connectivity index (χ0v) is 23.4. The summed E-state index contributed by atoms with van der Waals surface area (Å²) in [5.74, 6) is 0.0230. The van der Waals surface area contributed by atoms with E-state index in [-0.39, 0.29) is 30.4 Å². The van der Waals surface area contributed by atoms with Crippen LogP contribution in [0.4, 0.5) is 0 Å². The third-order valence-corrected chi connectivity index (χ3v) is 6.76. The Kier molecular flexibility index (Phi) is 9.57. The Hall–Kier alpha value is -2.83. The van der Waals surface area contributed by atoms with Gasteiger partial charge in [0.2, 0.25) is 5.91 Å². The number of nitrogens with one attached hydrogen (secondary N) is 1. The number of rotatable bonds is 9. The van der Waals surface area contributed by atoms with Crippen LogP contribution in [0, 0.1) is 0 Å². The molecule has 1 atom stereocenters. The molecule has 2 amide bonds. The normalized spacial score (nSPS) is 12.1. The van der Waals surface area contributed by atoms with Crippen LogP contribution in [0.5, 0.6) is 5.75 Å². The molecule has 0 saturated heterocycles. The molecule has 3 aromatic carbocycles. The molecule has 3 rings (SSSR count). The molecule has 0 fully saturated rings. The van der Waals surface area contributed by atoms with Crippen LogP contribution in [0.15, 0.2) is 77.3 Å². The summed E-state index contributed by atoms with van der Waals surface area (Å²) in [6, 6.07) is 22.1. The number of benzene rings is 3. The highest BCUT2D eigenvalue weighted by molar-refractivity contribution is 9.10. The third-order valence-electron chi connectivity index (χ3n) is 5.91. The Morgan fingerprint density at radius 2 is 1.69 bits per heavy atom. The lowest BCUT2D eigenvalue weighted by atomic mass is 9.87. The molecule has 3 aromatic rings. The summed E-state index contributed by atoms with van der Waals surface area (Å²) < 4.78 is 6.70. The summed E-state index contributed by atoms with van der Waals surface area (Å²) in [5.41, 5.74) is 2.92. The van der Waals surface area contributed by atoms with Crippen molar-refractivity contribution in [3.8, 4) is 5.75 Å². The molecule has 190 valence electrons. The molecular formula is C29H32BrClN2O3. The SMILES string of the molecule is CNC(=O)[C@@H](Cc1ccccc1)N(Cc1cccc(Cl)c1)C(=O)COc1ccc(C(C)(C)C)cc1Br. The monoisotopic (exact) mass is 570 g/mol. The maximum Gasteiger partial charge on any atom is 0.261 e. The van der Waals surface area contributed by atoms with Gasteiger partial charge in [-0.25, -0.2) is 0 Å². The van der Waals surface area contributed by atoms with Crippen molar-refractivity contribution in [2.75, 3.05) is 13.7 Å². The fourth-order valence-corrected chi connectivity index (χ4v) is 4.57. The Morgan fingerprint density at radius 3 is 2.31 bits per heavy atom. The van der Waals surface area contributed by atoms with Crippen molar-refractivity contribution < 1.29 is 14.3 Å². The smallest absolute Gasteiger partial charge is 0.261 e. The molecule has 0 unspecified atom stereocenters. The highest BCUT2D eigenvalue weighted by Gasteiger charge is 2.30. The summed E-state index contributed by atoms with van der Waals surface area (Å²) in [4.78, 5) is 28.1. The molecule has 36 heavy (non-hydrogen) atoms. The minimum Gasteiger partial charge on any atom is -0.483 e. The van der Waals surface area contributed by atoms with Gasteiger partial charge in [0.05, 0.1) is 4.47 Å². The number of amides is 2. The van der Waals surface area contributed by atoms with Crippen LogP contribution in [0.3, 0.4) is 0 Å². The maximum atomic E-state index is 13.6. The molecule has 5 nitrogen and oxygen atoms in total. The maximum absolute atomic E-state index is 13.6. The summed E-state index contributed by atoms with van der Waals surface area (Å²) >= 11 is 9.77. The molecule has 0 radical (unpaired) electrons. The van der Waals surface area contributed by atoms with Crippen LogP contribution in [0.25, 0.3) is 0 Å². The van der Waals surface area contributed by atoms with Crippen molar-refractivity contribution in [3.05, 3.63) is 99.0 Å². The van der Waals surface area contributed by atoms with Crippen molar-refractivity contribution in [2.24, 2.45) is 0 Å². The average molecular weight is 572 g/mol. The topological polar surface area (TPSA) is 58.6 Å². The van der Waals surface area contributed by atoms with E-state index >= 15 is 0 Å². The molecule has 1 N–H and O–H groups in total. The molecule has 7 heteroatoms. The lowest BCUT2D eigenvalue weighted by Crippen LogP contribution is -2.51. The van der Waals surface area contributed by atoms with E-state index in [9.17, 15) is 9.59 Å². The Labute approximate surface area is 226 Å². The van der Waals surface area contributed by atoms with Gasteiger partial charge in [-0.05, 0) is 62.3 Å². The zero-order chi connectivity index (χ0) is 26.3. The molecule has 0 aromatic heterocycles. The largest absolute Gasteiger partial charge is 0.483 e. The Balaban J connectivity index is 1.87. The number of ether oxygens (including phenoxy) is 1. The molecule has 0 aliphatic heterocycles. The lowest BCUT2D eigenvalue weighted by Gasteiger charge is -2.31. The van der Waals surface area contributed by atoms with Gasteiger partial charge in [0.1, 0.15) is 11.8 Å². The van der Waals surface area contributed by atoms with Crippen LogP contribution in [0.2, 0.25) is 5.02 Å². The highest BCUT2D eigenvalue weighted by atomic mass is 79.9. The van der Waals surface area contributed by atoms with E-state index in [1.807, 2.05) is 60.7 Å². The minimum atomic E-state index is -0.723. The first-order chi connectivity index (χ1) is 17.1. The van der Waals surface area contributed by atoms with Gasteiger partial charge < -0.3 is 15.0 Å². The second-order valence-corrected chi connectivity index (χ2v) is 10.9. The van der Waals surface area contributed by atoms with Gasteiger partial charge in [-0.2, -0.15) is 0 Å². The first-order valence-corrected chi connectivity index (χ1v) is 13.0. The van der Waals surface area contributed by atoms with Crippen molar-refractivity contribution in [2.45, 2.75) is 45.2 Å². The molecule has 0 saturated carbocycles. The summed E-state index contributed by atoms with van der Waals surface area (Å²) in [5, 5.41) is 3.28. The number of carbonyl (C=O) groups is 2. The van der Waals surface area contributed by atoms with Gasteiger partial charge in [-0.15, -0.1) is 0 Å². The number of halogens is 2. The Bertz CT molecular complexity index is 1190. The fourth-order valence-electron chi connectivity index (χ4n) is 3.86. The van der Waals surface area contributed by atoms with Crippen molar-refractivity contribution in [1.82, 2.24) is 10.2 Å². The summed E-state index contributed by atoms with van der Waals surface area (Å²) in [6.45, 7) is 6.42. The van der Waals surface area contributed by atoms with E-state index in [4.69, 9.17) is 16.3 Å². The molecule has 0 heterocycles. The first kappa shape index (κ1) is 27.8. The standard InChI is InChI=1S/C29H32BrClN2O3/c1-29(2,3)22-13-14-26(24(30)17-22)36-19-27(34)33(18-21-11-8-12-23(31)15-21)25(28(35)32-4)16-20-9-6-5-7-10-20/h5-15,17,25H,16,18-19H2,1-4H3,(H,32,35)/t25-/m1/s1. The number of nitrogens with zero attached hydrogens (tertiary/aromatic N) is 1. The molecular weight excluding hydrogens is 540 g/mol. The third kappa shape index (κ3) is 7.58. The number of likely N-dealkylation sites (N-methyl/N-ethyl adjacent to an activating group) is 1. The lowest BCUT2D eigenvalue weighted by molar-refractivity contribution is -0.142. The first-order valence-electron chi connectivity index (χ1n) is 11.8. The van der Waals surface area contributed by atoms with Crippen LogP contribution in [0.1, 0.15) is 37.5 Å². The van der Waals surface area contributed by atoms with E-state index in [0.717, 1.165) is 21.2 Å². The summed E-state index contributed by atoms with van der Waals surface area (Å²) in [7, 11) is 1.58. The quantitative estimate of drug-likeness (QED) is 0.334. The van der Waals surface area contributed by atoms with Crippen molar-refractivity contribution >= 4 is 39.3 Å². The van der Waals surface area contributed by atoms with Crippen LogP contribution in [-0.4, -0.2) is 36.4 Å². The minimum absolute atomic E-state index is 0.0111. The molecule has 0 bridgehead atoms. The predicted octanol–water partition coefficient (Wildman–Crippen LogP) is 6.16.